The number of nitrogens with zero attached hydrogens (tertiary/aromatic N) is 3. The van der Waals surface area contributed by atoms with Crippen LogP contribution < -0.4 is 0 Å². The average Bonchev–Trinajstić information content (AvgIpc) is 2.29. The van der Waals surface area contributed by atoms with Crippen LogP contribution in [0.25, 0.3) is 0 Å². The molecule has 3 nitrogen and oxygen atoms in total. The van der Waals surface area contributed by atoms with E-state index in [2.05, 4.69) is 70.3 Å². The van der Waals surface area contributed by atoms with Gasteiger partial charge in [-0.3, -0.25) is 4.90 Å². The molecule has 0 aromatic carbocycles. The molecule has 0 N–H and O–H groups in total. The van der Waals surface area contributed by atoms with Crippen molar-refractivity contribution in [2.45, 2.75) is 79.9 Å². The smallest absolute Gasteiger partial charge is 0.0818 e. The predicted molar refractivity (Wildman–Crippen MR) is 86.1 cm³/mol. The van der Waals surface area contributed by atoms with E-state index in [9.17, 15) is 0 Å². The van der Waals surface area contributed by atoms with Gasteiger partial charge in [0.05, 0.1) is 5.66 Å². The van der Waals surface area contributed by atoms with Gasteiger partial charge in [-0.1, -0.05) is 27.7 Å². The normalized spacial score (nSPS) is 13.3. The van der Waals surface area contributed by atoms with E-state index in [0.29, 0.717) is 6.04 Å². The summed E-state index contributed by atoms with van der Waals surface area (Å²) >= 11 is 0. The fourth-order valence-corrected chi connectivity index (χ4v) is 3.29. The maximum Gasteiger partial charge on any atom is 0.0818 e. The fourth-order valence-electron chi connectivity index (χ4n) is 3.29. The first-order chi connectivity index (χ1) is 8.86. The zero-order chi connectivity index (χ0) is 15.1. The third kappa shape index (κ3) is 5.05. The van der Waals surface area contributed by atoms with Crippen molar-refractivity contribution in [3.63, 3.8) is 0 Å². The van der Waals surface area contributed by atoms with Gasteiger partial charge in [0, 0.05) is 19.1 Å². The minimum Gasteiger partial charge on any atom is -0.285 e. The van der Waals surface area contributed by atoms with Crippen LogP contribution in [0.1, 0.15) is 68.2 Å². The summed E-state index contributed by atoms with van der Waals surface area (Å²) in [5.74, 6) is 0. The minimum atomic E-state index is 0.0714. The molecule has 0 heterocycles. The summed E-state index contributed by atoms with van der Waals surface area (Å²) in [6.07, 6.45) is 2.41. The zero-order valence-corrected chi connectivity index (χ0v) is 14.7. The van der Waals surface area contributed by atoms with Crippen molar-refractivity contribution in [3.05, 3.63) is 0 Å². The van der Waals surface area contributed by atoms with Crippen LogP contribution >= 0.6 is 0 Å². The lowest BCUT2D eigenvalue weighted by atomic mass is 10.1. The van der Waals surface area contributed by atoms with Crippen LogP contribution in [0.2, 0.25) is 0 Å². The van der Waals surface area contributed by atoms with Crippen LogP contribution in [-0.2, 0) is 0 Å². The largest absolute Gasteiger partial charge is 0.285 e. The van der Waals surface area contributed by atoms with Gasteiger partial charge < -0.3 is 0 Å². The molecule has 0 bridgehead atoms. The fraction of sp³-hybridized carbons (Fsp3) is 1.00. The Labute approximate surface area is 121 Å². The summed E-state index contributed by atoms with van der Waals surface area (Å²) < 4.78 is 0. The molecule has 0 saturated heterocycles. The molecule has 0 aliphatic heterocycles. The molecule has 0 aliphatic rings. The van der Waals surface area contributed by atoms with Gasteiger partial charge in [-0.25, -0.2) is 10.0 Å². The van der Waals surface area contributed by atoms with E-state index in [4.69, 9.17) is 0 Å². The quantitative estimate of drug-likeness (QED) is 0.442. The molecule has 0 unspecified atom stereocenters. The van der Waals surface area contributed by atoms with Crippen LogP contribution in [0, 0.1) is 0 Å². The van der Waals surface area contributed by atoms with Crippen molar-refractivity contribution in [1.29, 1.82) is 0 Å². The molecule has 0 aromatic rings. The van der Waals surface area contributed by atoms with Gasteiger partial charge in [0.25, 0.3) is 0 Å². The highest BCUT2D eigenvalue weighted by molar-refractivity contribution is 4.82. The molecule has 116 valence electrons. The van der Waals surface area contributed by atoms with Gasteiger partial charge in [0.15, 0.2) is 0 Å². The second-order valence-corrected chi connectivity index (χ2v) is 6.06. The second-order valence-electron chi connectivity index (χ2n) is 6.06. The van der Waals surface area contributed by atoms with Crippen LogP contribution in [0.15, 0.2) is 0 Å². The Balaban J connectivity index is 5.24. The van der Waals surface area contributed by atoms with Crippen molar-refractivity contribution < 1.29 is 0 Å². The first kappa shape index (κ1) is 18.9. The Morgan fingerprint density at radius 2 is 1.26 bits per heavy atom. The van der Waals surface area contributed by atoms with E-state index >= 15 is 0 Å². The summed E-state index contributed by atoms with van der Waals surface area (Å²) in [4.78, 5) is 2.55. The first-order valence-corrected chi connectivity index (χ1v) is 8.15. The van der Waals surface area contributed by atoms with E-state index in [0.717, 1.165) is 26.2 Å². The van der Waals surface area contributed by atoms with Gasteiger partial charge in [-0.2, -0.15) is 0 Å². The highest BCUT2D eigenvalue weighted by Gasteiger charge is 2.36. The Morgan fingerprint density at radius 3 is 1.53 bits per heavy atom. The SMILES string of the molecule is CCCN(CCC)N(C(C)C)C(C)(C)N(CC)CC. The Morgan fingerprint density at radius 1 is 0.842 bits per heavy atom. The van der Waals surface area contributed by atoms with Crippen LogP contribution in [0.5, 0.6) is 0 Å². The summed E-state index contributed by atoms with van der Waals surface area (Å²) in [5.41, 5.74) is 0.0714. The topological polar surface area (TPSA) is 9.72 Å². The maximum absolute atomic E-state index is 2.59. The molecule has 3 heteroatoms. The lowest BCUT2D eigenvalue weighted by Crippen LogP contribution is -2.65. The van der Waals surface area contributed by atoms with E-state index in [-0.39, 0.29) is 5.66 Å². The van der Waals surface area contributed by atoms with Gasteiger partial charge >= 0.3 is 0 Å². The van der Waals surface area contributed by atoms with Crippen molar-refractivity contribution in [1.82, 2.24) is 14.9 Å². The molecule has 0 amide bonds. The third-order valence-corrected chi connectivity index (χ3v) is 3.86. The maximum atomic E-state index is 2.59. The summed E-state index contributed by atoms with van der Waals surface area (Å²) in [6, 6.07) is 0.522. The molecule has 19 heavy (non-hydrogen) atoms. The van der Waals surface area contributed by atoms with Gasteiger partial charge in [0.1, 0.15) is 0 Å². The molecule has 0 fully saturated rings. The van der Waals surface area contributed by atoms with E-state index in [1.54, 1.807) is 0 Å². The molecule has 0 aliphatic carbocycles. The predicted octanol–water partition coefficient (Wildman–Crippen LogP) is 3.81. The first-order valence-electron chi connectivity index (χ1n) is 8.15. The summed E-state index contributed by atoms with van der Waals surface area (Å²) in [7, 11) is 0. The lowest BCUT2D eigenvalue weighted by Gasteiger charge is -2.52. The van der Waals surface area contributed by atoms with Gasteiger partial charge in [0.2, 0.25) is 0 Å². The molecule has 0 saturated carbocycles. The summed E-state index contributed by atoms with van der Waals surface area (Å²) in [5, 5.41) is 5.15. The molecule has 0 spiro atoms. The number of hydrogen-bond acceptors (Lipinski definition) is 3. The highest BCUT2D eigenvalue weighted by Crippen LogP contribution is 2.25. The van der Waals surface area contributed by atoms with Crippen LogP contribution in [-0.4, -0.2) is 52.8 Å². The van der Waals surface area contributed by atoms with E-state index < -0.39 is 0 Å². The Kier molecular flexibility index (Phi) is 8.88. The Hall–Kier alpha value is -0.120. The number of hydrazine groups is 1. The molecule has 0 rings (SSSR count). The van der Waals surface area contributed by atoms with Gasteiger partial charge in [-0.15, -0.1) is 0 Å². The number of hydrogen-bond donors (Lipinski definition) is 0. The molecule has 0 atom stereocenters. The number of rotatable bonds is 10. The van der Waals surface area contributed by atoms with Crippen molar-refractivity contribution in [2.75, 3.05) is 26.2 Å². The molecule has 0 radical (unpaired) electrons. The van der Waals surface area contributed by atoms with Crippen molar-refractivity contribution in [3.8, 4) is 0 Å². The Bertz CT molecular complexity index is 216. The molecular weight excluding hydrogens is 234 g/mol. The lowest BCUT2D eigenvalue weighted by molar-refractivity contribution is -0.178. The van der Waals surface area contributed by atoms with E-state index in [1.165, 1.54) is 12.8 Å². The van der Waals surface area contributed by atoms with Gasteiger partial charge in [-0.05, 0) is 53.6 Å². The van der Waals surface area contributed by atoms with Crippen molar-refractivity contribution in [2.24, 2.45) is 0 Å². The monoisotopic (exact) mass is 271 g/mol. The third-order valence-electron chi connectivity index (χ3n) is 3.86. The van der Waals surface area contributed by atoms with Crippen LogP contribution in [0.4, 0.5) is 0 Å². The average molecular weight is 271 g/mol. The zero-order valence-electron chi connectivity index (χ0n) is 14.7. The van der Waals surface area contributed by atoms with Crippen molar-refractivity contribution >= 4 is 0 Å². The highest BCUT2D eigenvalue weighted by atomic mass is 15.7. The molecular formula is C16H37N3. The standard InChI is InChI=1S/C16H37N3/c1-9-13-18(14-10-2)19(15(5)6)16(7,8)17(11-3)12-4/h15H,9-14H2,1-8H3. The summed E-state index contributed by atoms with van der Waals surface area (Å²) in [6.45, 7) is 22.9. The molecule has 0 aromatic heterocycles. The minimum absolute atomic E-state index is 0.0714. The second kappa shape index (κ2) is 8.93. The van der Waals surface area contributed by atoms with Crippen LogP contribution in [0.3, 0.4) is 0 Å². The van der Waals surface area contributed by atoms with E-state index in [1.807, 2.05) is 0 Å².